The number of tetrazole rings is 1. The second kappa shape index (κ2) is 7.14. The molecule has 1 atom stereocenters. The highest BCUT2D eigenvalue weighted by molar-refractivity contribution is 5.91. The molecule has 1 aromatic carbocycles. The molecule has 3 rings (SSSR count). The third kappa shape index (κ3) is 3.99. The fraction of sp³-hybridized carbons (Fsp3) is 0.385. The number of benzene rings is 1. The van der Waals surface area contributed by atoms with Crippen LogP contribution < -0.4 is 10.6 Å². The molecule has 2 aromatic rings. The van der Waals surface area contributed by atoms with Crippen molar-refractivity contribution in [3.63, 3.8) is 0 Å². The van der Waals surface area contributed by atoms with E-state index < -0.39 is 0 Å². The lowest BCUT2D eigenvalue weighted by molar-refractivity contribution is -0.116. The van der Waals surface area contributed by atoms with Gasteiger partial charge in [-0.2, -0.15) is 0 Å². The average Bonchev–Trinajstić information content (AvgIpc) is 3.11. The fourth-order valence-corrected chi connectivity index (χ4v) is 2.37. The Morgan fingerprint density at radius 3 is 3.10 bits per heavy atom. The quantitative estimate of drug-likeness (QED) is 0.881. The SMILES string of the molecule is Cl.O=C(CC1CCNC1)Nc1cccc(-n2cnnn2)c1. The number of rotatable bonds is 4. The van der Waals surface area contributed by atoms with E-state index in [2.05, 4.69) is 26.2 Å². The predicted molar refractivity (Wildman–Crippen MR) is 80.6 cm³/mol. The molecule has 0 radical (unpaired) electrons. The minimum absolute atomic E-state index is 0. The molecule has 0 bridgehead atoms. The van der Waals surface area contributed by atoms with E-state index in [1.807, 2.05) is 24.3 Å². The number of carbonyl (C=O) groups excluding carboxylic acids is 1. The number of hydrogen-bond donors (Lipinski definition) is 2. The number of nitrogens with one attached hydrogen (secondary N) is 2. The number of hydrogen-bond acceptors (Lipinski definition) is 5. The third-order valence-electron chi connectivity index (χ3n) is 3.38. The molecule has 0 spiro atoms. The summed E-state index contributed by atoms with van der Waals surface area (Å²) in [7, 11) is 0. The van der Waals surface area contributed by atoms with Crippen molar-refractivity contribution in [3.8, 4) is 5.69 Å². The maximum absolute atomic E-state index is 12.0. The molecule has 21 heavy (non-hydrogen) atoms. The summed E-state index contributed by atoms with van der Waals surface area (Å²) in [6, 6.07) is 7.45. The standard InChI is InChI=1S/C13H16N6O.ClH/c20-13(6-10-4-5-14-8-10)16-11-2-1-3-12(7-11)19-9-15-17-18-19;/h1-3,7,9-10,14H,4-6,8H2,(H,16,20);1H. The summed E-state index contributed by atoms with van der Waals surface area (Å²) in [5, 5.41) is 17.2. The monoisotopic (exact) mass is 308 g/mol. The van der Waals surface area contributed by atoms with Crippen LogP contribution in [-0.2, 0) is 4.79 Å². The minimum atomic E-state index is 0. The van der Waals surface area contributed by atoms with Crippen LogP contribution >= 0.6 is 12.4 Å². The lowest BCUT2D eigenvalue weighted by Crippen LogP contribution is -2.18. The molecule has 1 aliphatic heterocycles. The van der Waals surface area contributed by atoms with Gasteiger partial charge in [-0.1, -0.05) is 6.07 Å². The maximum atomic E-state index is 12.0. The van der Waals surface area contributed by atoms with Gasteiger partial charge in [-0.25, -0.2) is 4.68 Å². The van der Waals surface area contributed by atoms with Crippen LogP contribution in [-0.4, -0.2) is 39.2 Å². The summed E-state index contributed by atoms with van der Waals surface area (Å²) >= 11 is 0. The van der Waals surface area contributed by atoms with Crippen LogP contribution in [0.4, 0.5) is 5.69 Å². The van der Waals surface area contributed by atoms with E-state index in [-0.39, 0.29) is 18.3 Å². The molecule has 1 amide bonds. The van der Waals surface area contributed by atoms with Crippen LogP contribution in [0.5, 0.6) is 0 Å². The Kier molecular flexibility index (Phi) is 5.24. The Morgan fingerprint density at radius 1 is 1.48 bits per heavy atom. The van der Waals surface area contributed by atoms with Gasteiger partial charge in [0.15, 0.2) is 0 Å². The van der Waals surface area contributed by atoms with Gasteiger partial charge in [-0.3, -0.25) is 4.79 Å². The fourth-order valence-electron chi connectivity index (χ4n) is 2.37. The summed E-state index contributed by atoms with van der Waals surface area (Å²) < 4.78 is 1.55. The summed E-state index contributed by atoms with van der Waals surface area (Å²) in [5.74, 6) is 0.491. The second-order valence-corrected chi connectivity index (χ2v) is 4.92. The van der Waals surface area contributed by atoms with E-state index in [1.165, 1.54) is 6.33 Å². The molecule has 1 unspecified atom stereocenters. The van der Waals surface area contributed by atoms with Crippen molar-refractivity contribution in [1.82, 2.24) is 25.5 Å². The summed E-state index contributed by atoms with van der Waals surface area (Å²) in [5.41, 5.74) is 1.57. The number of nitrogens with zero attached hydrogens (tertiary/aromatic N) is 4. The van der Waals surface area contributed by atoms with Gasteiger partial charge in [0.2, 0.25) is 5.91 Å². The Balaban J connectivity index is 0.00000161. The lowest BCUT2D eigenvalue weighted by atomic mass is 10.0. The first-order valence-electron chi connectivity index (χ1n) is 6.65. The van der Waals surface area contributed by atoms with Crippen LogP contribution in [0.2, 0.25) is 0 Å². The average molecular weight is 309 g/mol. The lowest BCUT2D eigenvalue weighted by Gasteiger charge is -2.10. The van der Waals surface area contributed by atoms with E-state index >= 15 is 0 Å². The number of anilines is 1. The Hall–Kier alpha value is -1.99. The van der Waals surface area contributed by atoms with Crippen LogP contribution in [0.1, 0.15) is 12.8 Å². The Bertz CT molecular complexity index is 582. The first-order valence-corrected chi connectivity index (χ1v) is 6.65. The molecule has 2 heterocycles. The van der Waals surface area contributed by atoms with E-state index in [0.717, 1.165) is 30.9 Å². The van der Waals surface area contributed by atoms with Crippen molar-refractivity contribution in [2.24, 2.45) is 5.92 Å². The first-order chi connectivity index (χ1) is 9.81. The molecule has 0 saturated carbocycles. The molecule has 1 fully saturated rings. The number of aromatic nitrogens is 4. The third-order valence-corrected chi connectivity index (χ3v) is 3.38. The summed E-state index contributed by atoms with van der Waals surface area (Å²) in [6.07, 6.45) is 3.14. The van der Waals surface area contributed by atoms with Crippen molar-refractivity contribution in [2.45, 2.75) is 12.8 Å². The first kappa shape index (κ1) is 15.4. The maximum Gasteiger partial charge on any atom is 0.224 e. The Labute approximate surface area is 128 Å². The molecular formula is C13H17ClN6O. The largest absolute Gasteiger partial charge is 0.326 e. The zero-order valence-corrected chi connectivity index (χ0v) is 12.2. The van der Waals surface area contributed by atoms with Crippen molar-refractivity contribution in [1.29, 1.82) is 0 Å². The van der Waals surface area contributed by atoms with Gasteiger partial charge >= 0.3 is 0 Å². The van der Waals surface area contributed by atoms with Gasteiger partial charge < -0.3 is 10.6 Å². The predicted octanol–water partition coefficient (Wildman–Crippen LogP) is 1.02. The van der Waals surface area contributed by atoms with Crippen molar-refractivity contribution in [2.75, 3.05) is 18.4 Å². The molecule has 1 saturated heterocycles. The van der Waals surface area contributed by atoms with Gasteiger partial charge in [-0.05, 0) is 54.1 Å². The van der Waals surface area contributed by atoms with Crippen LogP contribution in [0.3, 0.4) is 0 Å². The molecule has 1 aliphatic rings. The second-order valence-electron chi connectivity index (χ2n) is 4.92. The smallest absolute Gasteiger partial charge is 0.224 e. The molecule has 2 N–H and O–H groups in total. The van der Waals surface area contributed by atoms with Gasteiger partial charge in [-0.15, -0.1) is 17.5 Å². The van der Waals surface area contributed by atoms with Crippen LogP contribution in [0, 0.1) is 5.92 Å². The van der Waals surface area contributed by atoms with Gasteiger partial charge in [0, 0.05) is 12.1 Å². The highest BCUT2D eigenvalue weighted by atomic mass is 35.5. The van der Waals surface area contributed by atoms with Gasteiger partial charge in [0.25, 0.3) is 0 Å². The Morgan fingerprint density at radius 2 is 2.38 bits per heavy atom. The molecule has 1 aromatic heterocycles. The molecule has 7 nitrogen and oxygen atoms in total. The van der Waals surface area contributed by atoms with Crippen molar-refractivity contribution in [3.05, 3.63) is 30.6 Å². The zero-order chi connectivity index (χ0) is 13.8. The minimum Gasteiger partial charge on any atom is -0.326 e. The van der Waals surface area contributed by atoms with Gasteiger partial charge in [0.1, 0.15) is 6.33 Å². The molecule has 0 aliphatic carbocycles. The van der Waals surface area contributed by atoms with E-state index in [9.17, 15) is 4.79 Å². The van der Waals surface area contributed by atoms with Crippen LogP contribution in [0.25, 0.3) is 5.69 Å². The zero-order valence-electron chi connectivity index (χ0n) is 11.4. The van der Waals surface area contributed by atoms with Crippen molar-refractivity contribution >= 4 is 24.0 Å². The number of halogens is 1. The number of amides is 1. The highest BCUT2D eigenvalue weighted by Crippen LogP contribution is 2.16. The summed E-state index contributed by atoms with van der Waals surface area (Å²) in [6.45, 7) is 1.94. The molecular weight excluding hydrogens is 292 g/mol. The van der Waals surface area contributed by atoms with Gasteiger partial charge in [0.05, 0.1) is 5.69 Å². The summed E-state index contributed by atoms with van der Waals surface area (Å²) in [4.78, 5) is 12.0. The topological polar surface area (TPSA) is 84.7 Å². The highest BCUT2D eigenvalue weighted by Gasteiger charge is 2.18. The normalized spacial score (nSPS) is 17.2. The van der Waals surface area contributed by atoms with Crippen molar-refractivity contribution < 1.29 is 4.79 Å². The van der Waals surface area contributed by atoms with Crippen LogP contribution in [0.15, 0.2) is 30.6 Å². The number of carbonyl (C=O) groups is 1. The van der Waals surface area contributed by atoms with E-state index in [0.29, 0.717) is 12.3 Å². The van der Waals surface area contributed by atoms with E-state index in [1.54, 1.807) is 4.68 Å². The van der Waals surface area contributed by atoms with E-state index in [4.69, 9.17) is 0 Å². The molecule has 112 valence electrons. The molecule has 8 heteroatoms.